The van der Waals surface area contributed by atoms with E-state index in [1.54, 1.807) is 12.1 Å². The third-order valence-corrected chi connectivity index (χ3v) is 4.04. The van der Waals surface area contributed by atoms with Crippen LogP contribution in [0.4, 0.5) is 11.4 Å². The number of carbonyl (C=O) groups excluding carboxylic acids is 1. The Bertz CT molecular complexity index is 688. The highest BCUT2D eigenvalue weighted by Crippen LogP contribution is 2.34. The summed E-state index contributed by atoms with van der Waals surface area (Å²) in [6.07, 6.45) is 0.666. The molecule has 3 rings (SSSR count). The second kappa shape index (κ2) is 5.77. The molecule has 0 aliphatic carbocycles. The van der Waals surface area contributed by atoms with Gasteiger partial charge in [-0.1, -0.05) is 34.1 Å². The molecular formula is C16H15BrN2O2. The minimum atomic E-state index is -0.210. The van der Waals surface area contributed by atoms with Gasteiger partial charge in [-0.3, -0.25) is 4.79 Å². The van der Waals surface area contributed by atoms with Crippen LogP contribution >= 0.6 is 15.9 Å². The van der Waals surface area contributed by atoms with Gasteiger partial charge in [0.2, 0.25) is 5.91 Å². The smallest absolute Gasteiger partial charge is 0.232 e. The molecule has 4 nitrogen and oxygen atoms in total. The number of amides is 1. The van der Waals surface area contributed by atoms with Crippen molar-refractivity contribution in [1.29, 1.82) is 0 Å². The zero-order chi connectivity index (χ0) is 14.8. The zero-order valence-electron chi connectivity index (χ0n) is 11.3. The fraction of sp³-hybridized carbons (Fsp3) is 0.188. The maximum atomic E-state index is 12.5. The number of benzene rings is 2. The number of ether oxygens (including phenoxy) is 1. The molecule has 0 radical (unpaired) electrons. The molecule has 0 spiro atoms. The first-order valence-corrected chi connectivity index (χ1v) is 7.52. The molecule has 5 heteroatoms. The summed E-state index contributed by atoms with van der Waals surface area (Å²) < 4.78 is 6.47. The summed E-state index contributed by atoms with van der Waals surface area (Å²) in [7, 11) is 0. The largest absolute Gasteiger partial charge is 0.493 e. The lowest BCUT2D eigenvalue weighted by Gasteiger charge is -2.25. The lowest BCUT2D eigenvalue weighted by molar-refractivity contribution is -0.118. The van der Waals surface area contributed by atoms with E-state index >= 15 is 0 Å². The number of para-hydroxylation sites is 1. The van der Waals surface area contributed by atoms with Gasteiger partial charge < -0.3 is 15.8 Å². The third kappa shape index (κ3) is 2.88. The van der Waals surface area contributed by atoms with E-state index in [4.69, 9.17) is 10.5 Å². The van der Waals surface area contributed by atoms with E-state index < -0.39 is 0 Å². The van der Waals surface area contributed by atoms with Crippen LogP contribution in [0, 0.1) is 0 Å². The maximum absolute atomic E-state index is 12.5. The van der Waals surface area contributed by atoms with E-state index in [0.717, 1.165) is 15.8 Å². The van der Waals surface area contributed by atoms with E-state index in [9.17, 15) is 4.79 Å². The first-order valence-electron chi connectivity index (χ1n) is 6.73. The topological polar surface area (TPSA) is 64.3 Å². The molecule has 1 aliphatic rings. The Balaban J connectivity index is 1.83. The van der Waals surface area contributed by atoms with Gasteiger partial charge in [-0.25, -0.2) is 0 Å². The highest BCUT2D eigenvalue weighted by molar-refractivity contribution is 9.10. The first-order chi connectivity index (χ1) is 10.1. The van der Waals surface area contributed by atoms with Gasteiger partial charge >= 0.3 is 0 Å². The van der Waals surface area contributed by atoms with E-state index in [1.165, 1.54) is 0 Å². The van der Waals surface area contributed by atoms with Crippen LogP contribution in [-0.2, 0) is 4.79 Å². The van der Waals surface area contributed by atoms with Crippen molar-refractivity contribution >= 4 is 33.2 Å². The van der Waals surface area contributed by atoms with Gasteiger partial charge in [-0.15, -0.1) is 0 Å². The molecule has 0 fully saturated rings. The lowest BCUT2D eigenvalue weighted by Crippen LogP contribution is -2.26. The van der Waals surface area contributed by atoms with Crippen molar-refractivity contribution in [2.24, 2.45) is 0 Å². The molecule has 2 aromatic carbocycles. The van der Waals surface area contributed by atoms with Crippen molar-refractivity contribution in [3.05, 3.63) is 52.5 Å². The molecular weight excluding hydrogens is 332 g/mol. The monoisotopic (exact) mass is 346 g/mol. The Kier molecular flexibility index (Phi) is 3.84. The standard InChI is InChI=1S/C16H15BrN2O2/c17-10-5-6-14(13(18)9-10)19-16(20)12-7-8-21-15-4-2-1-3-11(12)15/h1-6,9,12H,7-8,18H2,(H,19,20). The van der Waals surface area contributed by atoms with E-state index in [2.05, 4.69) is 21.2 Å². The number of halogens is 1. The number of fused-ring (bicyclic) bond motifs is 1. The highest BCUT2D eigenvalue weighted by atomic mass is 79.9. The van der Waals surface area contributed by atoms with Crippen LogP contribution < -0.4 is 15.8 Å². The van der Waals surface area contributed by atoms with Gasteiger partial charge in [-0.2, -0.15) is 0 Å². The summed E-state index contributed by atoms with van der Waals surface area (Å²) in [5, 5.41) is 2.91. The van der Waals surface area contributed by atoms with Crippen molar-refractivity contribution in [2.45, 2.75) is 12.3 Å². The van der Waals surface area contributed by atoms with Gasteiger partial charge in [0.1, 0.15) is 5.75 Å². The van der Waals surface area contributed by atoms with Crippen LogP contribution in [-0.4, -0.2) is 12.5 Å². The third-order valence-electron chi connectivity index (χ3n) is 3.55. The van der Waals surface area contributed by atoms with Gasteiger partial charge in [0.15, 0.2) is 0 Å². The van der Waals surface area contributed by atoms with E-state index in [-0.39, 0.29) is 11.8 Å². The van der Waals surface area contributed by atoms with Crippen molar-refractivity contribution in [1.82, 2.24) is 0 Å². The summed E-state index contributed by atoms with van der Waals surface area (Å²) in [4.78, 5) is 12.5. The van der Waals surface area contributed by atoms with Crippen LogP contribution in [0.1, 0.15) is 17.9 Å². The molecule has 1 atom stereocenters. The van der Waals surface area contributed by atoms with Crippen LogP contribution in [0.5, 0.6) is 5.75 Å². The number of nitrogens with one attached hydrogen (secondary N) is 1. The molecule has 0 saturated carbocycles. The quantitative estimate of drug-likeness (QED) is 0.817. The highest BCUT2D eigenvalue weighted by Gasteiger charge is 2.27. The number of nitrogen functional groups attached to an aromatic ring is 1. The minimum Gasteiger partial charge on any atom is -0.493 e. The predicted octanol–water partition coefficient (Wildman–Crippen LogP) is 3.54. The fourth-order valence-corrected chi connectivity index (χ4v) is 2.86. The Morgan fingerprint density at radius 2 is 2.10 bits per heavy atom. The second-order valence-corrected chi connectivity index (χ2v) is 5.86. The van der Waals surface area contributed by atoms with Crippen molar-refractivity contribution in [3.63, 3.8) is 0 Å². The van der Waals surface area contributed by atoms with Crippen LogP contribution in [0.15, 0.2) is 46.9 Å². The molecule has 1 aliphatic heterocycles. The average molecular weight is 347 g/mol. The summed E-state index contributed by atoms with van der Waals surface area (Å²) in [6, 6.07) is 13.1. The van der Waals surface area contributed by atoms with Crippen LogP contribution in [0.25, 0.3) is 0 Å². The summed E-state index contributed by atoms with van der Waals surface area (Å²) in [5.74, 6) is 0.519. The number of nitrogens with two attached hydrogens (primary N) is 1. The maximum Gasteiger partial charge on any atom is 0.232 e. The van der Waals surface area contributed by atoms with Crippen LogP contribution in [0.3, 0.4) is 0 Å². The van der Waals surface area contributed by atoms with E-state index in [1.807, 2.05) is 30.3 Å². The summed E-state index contributed by atoms with van der Waals surface area (Å²) in [5.41, 5.74) is 8.02. The second-order valence-electron chi connectivity index (χ2n) is 4.95. The van der Waals surface area contributed by atoms with E-state index in [0.29, 0.717) is 24.4 Å². The van der Waals surface area contributed by atoms with Crippen molar-refractivity contribution < 1.29 is 9.53 Å². The molecule has 1 unspecified atom stereocenters. The number of anilines is 2. The minimum absolute atomic E-state index is 0.0558. The van der Waals surface area contributed by atoms with Gasteiger partial charge in [0, 0.05) is 10.0 Å². The molecule has 2 aromatic rings. The zero-order valence-corrected chi connectivity index (χ0v) is 12.9. The fourth-order valence-electron chi connectivity index (χ4n) is 2.48. The van der Waals surface area contributed by atoms with Crippen molar-refractivity contribution in [2.75, 3.05) is 17.7 Å². The summed E-state index contributed by atoms with van der Waals surface area (Å²) in [6.45, 7) is 0.547. The number of rotatable bonds is 2. The molecule has 21 heavy (non-hydrogen) atoms. The number of hydrogen-bond acceptors (Lipinski definition) is 3. The molecule has 108 valence electrons. The molecule has 0 bridgehead atoms. The normalized spacial score (nSPS) is 16.7. The number of hydrogen-bond donors (Lipinski definition) is 2. The molecule has 1 amide bonds. The molecule has 0 aromatic heterocycles. The Morgan fingerprint density at radius 3 is 2.90 bits per heavy atom. The lowest BCUT2D eigenvalue weighted by atomic mass is 9.92. The molecule has 0 saturated heterocycles. The van der Waals surface area contributed by atoms with Gasteiger partial charge in [0.05, 0.1) is 23.9 Å². The average Bonchev–Trinajstić information content (AvgIpc) is 2.49. The Hall–Kier alpha value is -2.01. The van der Waals surface area contributed by atoms with Crippen LogP contribution in [0.2, 0.25) is 0 Å². The van der Waals surface area contributed by atoms with Crippen molar-refractivity contribution in [3.8, 4) is 5.75 Å². The molecule has 3 N–H and O–H groups in total. The van der Waals surface area contributed by atoms with Gasteiger partial charge in [-0.05, 0) is 30.7 Å². The molecule has 1 heterocycles. The predicted molar refractivity (Wildman–Crippen MR) is 86.5 cm³/mol. The van der Waals surface area contributed by atoms with Gasteiger partial charge in [0.25, 0.3) is 0 Å². The number of carbonyl (C=O) groups is 1. The SMILES string of the molecule is Nc1cc(Br)ccc1NC(=O)C1CCOc2ccccc21. The first kappa shape index (κ1) is 13.9. The Morgan fingerprint density at radius 1 is 1.29 bits per heavy atom. The summed E-state index contributed by atoms with van der Waals surface area (Å²) >= 11 is 3.35. The Labute approximate surface area is 131 Å².